The summed E-state index contributed by atoms with van der Waals surface area (Å²) in [5, 5.41) is 3.59. The van der Waals surface area contributed by atoms with Gasteiger partial charge in [-0.25, -0.2) is 0 Å². The van der Waals surface area contributed by atoms with Crippen molar-refractivity contribution in [1.82, 2.24) is 10.3 Å². The first-order valence-electron chi connectivity index (χ1n) is 7.85. The van der Waals surface area contributed by atoms with Gasteiger partial charge >= 0.3 is 0 Å². The molecule has 2 nitrogen and oxygen atoms in total. The van der Waals surface area contributed by atoms with Crippen molar-refractivity contribution in [3.63, 3.8) is 0 Å². The topological polar surface area (TPSA) is 24.9 Å². The lowest BCUT2D eigenvalue weighted by Gasteiger charge is -2.19. The van der Waals surface area contributed by atoms with E-state index in [1.807, 2.05) is 6.20 Å². The number of pyridine rings is 1. The molecule has 0 aliphatic carbocycles. The first-order valence-corrected chi connectivity index (χ1v) is 7.85. The predicted octanol–water partition coefficient (Wildman–Crippen LogP) is 4.71. The van der Waals surface area contributed by atoms with E-state index in [0.717, 1.165) is 6.54 Å². The maximum atomic E-state index is 4.65. The highest BCUT2D eigenvalue weighted by atomic mass is 14.9. The maximum Gasteiger partial charge on any atom is 0.0602 e. The first kappa shape index (κ1) is 16.2. The summed E-state index contributed by atoms with van der Waals surface area (Å²) >= 11 is 0. The zero-order valence-electron chi connectivity index (χ0n) is 13.1. The molecular weight excluding hydrogens is 232 g/mol. The summed E-state index contributed by atoms with van der Waals surface area (Å²) in [4.78, 5) is 4.65. The predicted molar refractivity (Wildman–Crippen MR) is 83.5 cm³/mol. The van der Waals surface area contributed by atoms with Gasteiger partial charge in [0.15, 0.2) is 0 Å². The number of nitrogens with one attached hydrogen (secondary N) is 1. The number of rotatable bonds is 9. The molecule has 0 aromatic carbocycles. The molecule has 0 amide bonds. The summed E-state index contributed by atoms with van der Waals surface area (Å²) < 4.78 is 0. The zero-order valence-corrected chi connectivity index (χ0v) is 13.1. The lowest BCUT2D eigenvalue weighted by Crippen LogP contribution is -2.22. The quantitative estimate of drug-likeness (QED) is 0.652. The third-order valence-electron chi connectivity index (χ3n) is 3.63. The van der Waals surface area contributed by atoms with Crippen LogP contribution in [0.5, 0.6) is 0 Å². The maximum absolute atomic E-state index is 4.65. The van der Waals surface area contributed by atoms with Gasteiger partial charge in [0, 0.05) is 12.2 Å². The summed E-state index contributed by atoms with van der Waals surface area (Å²) in [6.07, 6.45) is 9.89. The lowest BCUT2D eigenvalue weighted by atomic mass is 10.00. The first-order chi connectivity index (χ1) is 9.19. The van der Waals surface area contributed by atoms with E-state index < -0.39 is 0 Å². The SMILES string of the molecule is CCCCCCCC(NCC)c1ncc(C)cc1C. The minimum Gasteiger partial charge on any atom is -0.309 e. The number of nitrogens with zero attached hydrogens (tertiary/aromatic N) is 1. The van der Waals surface area contributed by atoms with E-state index in [-0.39, 0.29) is 0 Å². The molecule has 108 valence electrons. The highest BCUT2D eigenvalue weighted by molar-refractivity contribution is 5.25. The van der Waals surface area contributed by atoms with Gasteiger partial charge in [-0.15, -0.1) is 0 Å². The van der Waals surface area contributed by atoms with Gasteiger partial charge in [-0.05, 0) is 37.9 Å². The Morgan fingerprint density at radius 1 is 1.11 bits per heavy atom. The number of unbranched alkanes of at least 4 members (excludes halogenated alkanes) is 4. The molecule has 0 saturated carbocycles. The van der Waals surface area contributed by atoms with E-state index in [9.17, 15) is 0 Å². The molecule has 0 aliphatic rings. The highest BCUT2D eigenvalue weighted by Gasteiger charge is 2.13. The third-order valence-corrected chi connectivity index (χ3v) is 3.63. The van der Waals surface area contributed by atoms with Crippen LogP contribution in [0.15, 0.2) is 12.3 Å². The van der Waals surface area contributed by atoms with Gasteiger partial charge in [-0.2, -0.15) is 0 Å². The van der Waals surface area contributed by atoms with Crippen LogP contribution in [0.1, 0.15) is 75.2 Å². The third kappa shape index (κ3) is 5.73. The van der Waals surface area contributed by atoms with Crippen LogP contribution in [0.25, 0.3) is 0 Å². The number of aryl methyl sites for hydroxylation is 2. The monoisotopic (exact) mass is 262 g/mol. The molecule has 1 N–H and O–H groups in total. The Morgan fingerprint density at radius 3 is 2.47 bits per heavy atom. The summed E-state index contributed by atoms with van der Waals surface area (Å²) in [7, 11) is 0. The van der Waals surface area contributed by atoms with E-state index in [0.29, 0.717) is 6.04 Å². The van der Waals surface area contributed by atoms with Crippen LogP contribution in [0.2, 0.25) is 0 Å². The van der Waals surface area contributed by atoms with Crippen LogP contribution in [0.4, 0.5) is 0 Å². The van der Waals surface area contributed by atoms with Gasteiger partial charge in [-0.3, -0.25) is 4.98 Å². The van der Waals surface area contributed by atoms with Crippen molar-refractivity contribution in [3.8, 4) is 0 Å². The fourth-order valence-corrected chi connectivity index (χ4v) is 2.62. The molecule has 0 bridgehead atoms. The molecule has 1 aromatic heterocycles. The Morgan fingerprint density at radius 2 is 1.84 bits per heavy atom. The van der Waals surface area contributed by atoms with Gasteiger partial charge in [-0.1, -0.05) is 52.0 Å². The van der Waals surface area contributed by atoms with E-state index in [1.165, 1.54) is 55.3 Å². The molecule has 19 heavy (non-hydrogen) atoms. The lowest BCUT2D eigenvalue weighted by molar-refractivity contribution is 0.468. The van der Waals surface area contributed by atoms with Crippen molar-refractivity contribution in [3.05, 3.63) is 29.1 Å². The summed E-state index contributed by atoms with van der Waals surface area (Å²) in [5.74, 6) is 0. The van der Waals surface area contributed by atoms with Gasteiger partial charge in [0.1, 0.15) is 0 Å². The summed E-state index contributed by atoms with van der Waals surface area (Å²) in [5.41, 5.74) is 3.81. The number of hydrogen-bond acceptors (Lipinski definition) is 2. The van der Waals surface area contributed by atoms with Crippen molar-refractivity contribution < 1.29 is 0 Å². The Kier molecular flexibility index (Phi) is 7.73. The van der Waals surface area contributed by atoms with Gasteiger partial charge < -0.3 is 5.32 Å². The minimum absolute atomic E-state index is 0.423. The van der Waals surface area contributed by atoms with Crippen molar-refractivity contribution in [2.75, 3.05) is 6.54 Å². The Labute approximate surface area is 119 Å². The Balaban J connectivity index is 2.55. The van der Waals surface area contributed by atoms with E-state index in [4.69, 9.17) is 0 Å². The van der Waals surface area contributed by atoms with E-state index in [1.54, 1.807) is 0 Å². The normalized spacial score (nSPS) is 12.6. The molecule has 1 heterocycles. The molecule has 0 radical (unpaired) electrons. The average Bonchev–Trinajstić information content (AvgIpc) is 2.38. The average molecular weight is 262 g/mol. The van der Waals surface area contributed by atoms with Crippen molar-refractivity contribution in [2.24, 2.45) is 0 Å². The molecule has 0 aliphatic heterocycles. The Hall–Kier alpha value is -0.890. The minimum atomic E-state index is 0.423. The second-order valence-electron chi connectivity index (χ2n) is 5.53. The molecule has 1 atom stereocenters. The standard InChI is InChI=1S/C17H30N2/c1-5-7-8-9-10-11-16(18-6-2)17-15(4)12-14(3)13-19-17/h12-13,16,18H,5-11H2,1-4H3. The van der Waals surface area contributed by atoms with Gasteiger partial charge in [0.2, 0.25) is 0 Å². The van der Waals surface area contributed by atoms with Crippen LogP contribution in [-0.2, 0) is 0 Å². The van der Waals surface area contributed by atoms with Gasteiger partial charge in [0.25, 0.3) is 0 Å². The molecule has 0 fully saturated rings. The van der Waals surface area contributed by atoms with Crippen molar-refractivity contribution in [2.45, 2.75) is 72.3 Å². The molecule has 1 unspecified atom stereocenters. The van der Waals surface area contributed by atoms with Crippen LogP contribution < -0.4 is 5.32 Å². The molecule has 0 spiro atoms. The van der Waals surface area contributed by atoms with Crippen LogP contribution >= 0.6 is 0 Å². The fourth-order valence-electron chi connectivity index (χ4n) is 2.62. The van der Waals surface area contributed by atoms with Crippen LogP contribution in [0.3, 0.4) is 0 Å². The summed E-state index contributed by atoms with van der Waals surface area (Å²) in [6.45, 7) is 9.73. The fraction of sp³-hybridized carbons (Fsp3) is 0.706. The van der Waals surface area contributed by atoms with E-state index in [2.05, 4.69) is 44.1 Å². The smallest absolute Gasteiger partial charge is 0.0602 e. The second-order valence-corrected chi connectivity index (χ2v) is 5.53. The van der Waals surface area contributed by atoms with E-state index >= 15 is 0 Å². The Bertz CT molecular complexity index is 360. The van der Waals surface area contributed by atoms with Crippen LogP contribution in [-0.4, -0.2) is 11.5 Å². The number of aromatic nitrogens is 1. The number of hydrogen-bond donors (Lipinski definition) is 1. The van der Waals surface area contributed by atoms with Gasteiger partial charge in [0.05, 0.1) is 5.69 Å². The highest BCUT2D eigenvalue weighted by Crippen LogP contribution is 2.22. The summed E-state index contributed by atoms with van der Waals surface area (Å²) in [6, 6.07) is 2.66. The van der Waals surface area contributed by atoms with Crippen molar-refractivity contribution in [1.29, 1.82) is 0 Å². The van der Waals surface area contributed by atoms with Crippen LogP contribution in [0, 0.1) is 13.8 Å². The zero-order chi connectivity index (χ0) is 14.1. The van der Waals surface area contributed by atoms with Crippen molar-refractivity contribution >= 4 is 0 Å². The second kappa shape index (κ2) is 9.08. The molecule has 1 aromatic rings. The molecule has 1 rings (SSSR count). The molecule has 0 saturated heterocycles. The molecule has 2 heteroatoms. The largest absolute Gasteiger partial charge is 0.309 e. The molecular formula is C17H30N2.